The minimum absolute atomic E-state index is 0.132. The Bertz CT molecular complexity index is 514. The fourth-order valence-corrected chi connectivity index (χ4v) is 2.41. The number of benzene rings is 1. The molecule has 0 amide bonds. The van der Waals surface area contributed by atoms with Crippen LogP contribution in [0, 0.1) is 11.6 Å². The molecule has 0 unspecified atom stereocenters. The van der Waals surface area contributed by atoms with E-state index in [-0.39, 0.29) is 17.8 Å². The minimum Gasteiger partial charge on any atom is -0.299 e. The Morgan fingerprint density at radius 3 is 2.50 bits per heavy atom. The maximum absolute atomic E-state index is 13.3. The molecular formula is C14H12F2OS. The Morgan fingerprint density at radius 1 is 1.17 bits per heavy atom. The predicted molar refractivity (Wildman–Crippen MR) is 67.7 cm³/mol. The molecule has 0 aliphatic rings. The van der Waals surface area contributed by atoms with Gasteiger partial charge in [0.05, 0.1) is 0 Å². The van der Waals surface area contributed by atoms with Crippen LogP contribution in [0.5, 0.6) is 0 Å². The molecule has 0 radical (unpaired) electrons. The second kappa shape index (κ2) is 5.87. The smallest absolute Gasteiger partial charge is 0.137 e. The van der Waals surface area contributed by atoms with Crippen molar-refractivity contribution in [2.24, 2.45) is 0 Å². The molecule has 1 aromatic heterocycles. The summed E-state index contributed by atoms with van der Waals surface area (Å²) in [5.41, 5.74) is 0.954. The average molecular weight is 266 g/mol. The van der Waals surface area contributed by atoms with Gasteiger partial charge in [-0.05, 0) is 40.9 Å². The lowest BCUT2D eigenvalue weighted by Gasteiger charge is -2.04. The third-order valence-electron chi connectivity index (χ3n) is 2.71. The molecule has 0 saturated heterocycles. The lowest BCUT2D eigenvalue weighted by Crippen LogP contribution is -2.07. The normalized spacial score (nSPS) is 10.6. The van der Waals surface area contributed by atoms with Crippen molar-refractivity contribution in [1.29, 1.82) is 0 Å². The summed E-state index contributed by atoms with van der Waals surface area (Å²) in [6.45, 7) is 0. The molecule has 0 fully saturated rings. The molecule has 0 aliphatic carbocycles. The monoisotopic (exact) mass is 266 g/mol. The number of ketones is 1. The van der Waals surface area contributed by atoms with Crippen LogP contribution in [0.4, 0.5) is 8.78 Å². The first-order valence-electron chi connectivity index (χ1n) is 5.62. The highest BCUT2D eigenvalue weighted by atomic mass is 32.1. The van der Waals surface area contributed by atoms with Gasteiger partial charge < -0.3 is 0 Å². The molecule has 0 aliphatic heterocycles. The van der Waals surface area contributed by atoms with Gasteiger partial charge >= 0.3 is 0 Å². The quantitative estimate of drug-likeness (QED) is 0.805. The van der Waals surface area contributed by atoms with Gasteiger partial charge in [-0.15, -0.1) is 0 Å². The molecule has 2 aromatic rings. The van der Waals surface area contributed by atoms with Crippen LogP contribution in [-0.2, 0) is 17.6 Å². The first-order valence-corrected chi connectivity index (χ1v) is 6.57. The molecule has 4 heteroatoms. The van der Waals surface area contributed by atoms with Crippen molar-refractivity contribution in [1.82, 2.24) is 0 Å². The topological polar surface area (TPSA) is 17.1 Å². The van der Waals surface area contributed by atoms with E-state index in [1.54, 1.807) is 11.3 Å². The highest BCUT2D eigenvalue weighted by molar-refractivity contribution is 7.07. The Morgan fingerprint density at radius 2 is 1.89 bits per heavy atom. The highest BCUT2D eigenvalue weighted by Gasteiger charge is 2.12. The Balaban J connectivity index is 1.95. The van der Waals surface area contributed by atoms with E-state index in [2.05, 4.69) is 0 Å². The van der Waals surface area contributed by atoms with E-state index >= 15 is 0 Å². The van der Waals surface area contributed by atoms with Crippen LogP contribution in [0.1, 0.15) is 17.5 Å². The summed E-state index contributed by atoms with van der Waals surface area (Å²) in [5.74, 6) is -1.46. The SMILES string of the molecule is O=C(CCc1ccsc1)Cc1c(F)cccc1F. The summed E-state index contributed by atoms with van der Waals surface area (Å²) in [6.07, 6.45) is 0.756. The van der Waals surface area contributed by atoms with Crippen molar-refractivity contribution in [3.05, 3.63) is 57.8 Å². The van der Waals surface area contributed by atoms with Crippen LogP contribution in [0.15, 0.2) is 35.0 Å². The van der Waals surface area contributed by atoms with E-state index in [9.17, 15) is 13.6 Å². The van der Waals surface area contributed by atoms with Gasteiger partial charge in [0.2, 0.25) is 0 Å². The van der Waals surface area contributed by atoms with Crippen LogP contribution in [0.2, 0.25) is 0 Å². The van der Waals surface area contributed by atoms with Gasteiger partial charge in [0.15, 0.2) is 0 Å². The summed E-state index contributed by atoms with van der Waals surface area (Å²) in [4.78, 5) is 11.7. The number of carbonyl (C=O) groups is 1. The fourth-order valence-electron chi connectivity index (χ4n) is 1.71. The van der Waals surface area contributed by atoms with E-state index in [0.717, 1.165) is 5.56 Å². The lowest BCUT2D eigenvalue weighted by molar-refractivity contribution is -0.118. The molecule has 1 aromatic carbocycles. The number of halogens is 2. The minimum atomic E-state index is -0.654. The van der Waals surface area contributed by atoms with Crippen molar-refractivity contribution in [3.63, 3.8) is 0 Å². The van der Waals surface area contributed by atoms with E-state index in [1.807, 2.05) is 16.8 Å². The average Bonchev–Trinajstić information content (AvgIpc) is 2.84. The number of Topliss-reactive ketones (excluding diaryl/α,β-unsaturated/α-hetero) is 1. The van der Waals surface area contributed by atoms with Crippen LogP contribution in [-0.4, -0.2) is 5.78 Å². The predicted octanol–water partition coefficient (Wildman–Crippen LogP) is 3.77. The van der Waals surface area contributed by atoms with Crippen LogP contribution in [0.25, 0.3) is 0 Å². The van der Waals surface area contributed by atoms with Crippen molar-refractivity contribution >= 4 is 17.1 Å². The summed E-state index contributed by atoms with van der Waals surface area (Å²) in [7, 11) is 0. The molecular weight excluding hydrogens is 254 g/mol. The molecule has 0 bridgehead atoms. The van der Waals surface area contributed by atoms with Gasteiger partial charge in [0, 0.05) is 18.4 Å². The summed E-state index contributed by atoms with van der Waals surface area (Å²) < 4.78 is 26.7. The standard InChI is InChI=1S/C14H12F2OS/c15-13-2-1-3-14(16)12(13)8-11(17)5-4-10-6-7-18-9-10/h1-3,6-7,9H,4-5,8H2. The van der Waals surface area contributed by atoms with Crippen LogP contribution >= 0.6 is 11.3 Å². The van der Waals surface area contributed by atoms with Crippen LogP contribution in [0.3, 0.4) is 0 Å². The van der Waals surface area contributed by atoms with Crippen LogP contribution < -0.4 is 0 Å². The fraction of sp³-hybridized carbons (Fsp3) is 0.214. The van der Waals surface area contributed by atoms with Gasteiger partial charge in [-0.25, -0.2) is 8.78 Å². The highest BCUT2D eigenvalue weighted by Crippen LogP contribution is 2.15. The molecule has 2 rings (SSSR count). The molecule has 0 spiro atoms. The van der Waals surface area contributed by atoms with Gasteiger partial charge in [-0.3, -0.25) is 4.79 Å². The van der Waals surface area contributed by atoms with Crippen molar-refractivity contribution in [2.45, 2.75) is 19.3 Å². The zero-order valence-electron chi connectivity index (χ0n) is 9.66. The summed E-state index contributed by atoms with van der Waals surface area (Å²) in [5, 5.41) is 3.91. The van der Waals surface area contributed by atoms with Gasteiger partial charge in [-0.2, -0.15) is 11.3 Å². The van der Waals surface area contributed by atoms with E-state index in [1.165, 1.54) is 18.2 Å². The van der Waals surface area contributed by atoms with Crippen molar-refractivity contribution in [3.8, 4) is 0 Å². The molecule has 0 atom stereocenters. The van der Waals surface area contributed by atoms with Crippen molar-refractivity contribution < 1.29 is 13.6 Å². The van der Waals surface area contributed by atoms with E-state index < -0.39 is 11.6 Å². The van der Waals surface area contributed by atoms with Gasteiger partial charge in [-0.1, -0.05) is 6.07 Å². The zero-order chi connectivity index (χ0) is 13.0. The Hall–Kier alpha value is -1.55. The number of hydrogen-bond acceptors (Lipinski definition) is 2. The maximum atomic E-state index is 13.3. The number of aryl methyl sites for hydroxylation is 1. The summed E-state index contributed by atoms with van der Waals surface area (Å²) in [6, 6.07) is 5.58. The third-order valence-corrected chi connectivity index (χ3v) is 3.44. The van der Waals surface area contributed by atoms with Gasteiger partial charge in [0.25, 0.3) is 0 Å². The molecule has 1 heterocycles. The molecule has 0 saturated carbocycles. The first kappa shape index (κ1) is 12.9. The number of rotatable bonds is 5. The van der Waals surface area contributed by atoms with Crippen molar-refractivity contribution in [2.75, 3.05) is 0 Å². The number of carbonyl (C=O) groups excluding carboxylic acids is 1. The maximum Gasteiger partial charge on any atom is 0.137 e. The summed E-state index contributed by atoms with van der Waals surface area (Å²) >= 11 is 1.57. The van der Waals surface area contributed by atoms with E-state index in [0.29, 0.717) is 12.8 Å². The second-order valence-corrected chi connectivity index (χ2v) is 4.83. The molecule has 18 heavy (non-hydrogen) atoms. The largest absolute Gasteiger partial charge is 0.299 e. The van der Waals surface area contributed by atoms with E-state index in [4.69, 9.17) is 0 Å². The van der Waals surface area contributed by atoms with Gasteiger partial charge in [0.1, 0.15) is 17.4 Å². The lowest BCUT2D eigenvalue weighted by atomic mass is 10.0. The first-order chi connectivity index (χ1) is 8.66. The second-order valence-electron chi connectivity index (χ2n) is 4.05. The Kier molecular flexibility index (Phi) is 4.20. The number of thiophene rings is 1. The third kappa shape index (κ3) is 3.23. The zero-order valence-corrected chi connectivity index (χ0v) is 10.5. The molecule has 0 N–H and O–H groups in total. The number of hydrogen-bond donors (Lipinski definition) is 0. The molecule has 94 valence electrons. The Labute approximate surface area is 108 Å². The molecule has 1 nitrogen and oxygen atoms in total.